The Hall–Kier alpha value is 0.190. The van der Waals surface area contributed by atoms with Gasteiger partial charge >= 0.3 is 0 Å². The molecule has 2 heterocycles. The van der Waals surface area contributed by atoms with Crippen molar-refractivity contribution in [1.29, 1.82) is 0 Å². The third kappa shape index (κ3) is 2.03. The molecule has 0 spiro atoms. The average molecular weight is 234 g/mol. The quantitative estimate of drug-likeness (QED) is 0.728. The third-order valence-corrected chi connectivity index (χ3v) is 3.07. The molecule has 2 aliphatic rings. The number of fused-ring (bicyclic) bond motifs is 1. The van der Waals surface area contributed by atoms with E-state index in [0.717, 1.165) is 0 Å². The highest BCUT2D eigenvalue weighted by Crippen LogP contribution is 2.39. The lowest BCUT2D eigenvalue weighted by Crippen LogP contribution is -2.39. The molecule has 0 aliphatic carbocycles. The lowest BCUT2D eigenvalue weighted by molar-refractivity contribution is -0.215. The van der Waals surface area contributed by atoms with E-state index >= 15 is 0 Å². The van der Waals surface area contributed by atoms with Gasteiger partial charge in [-0.2, -0.15) is 12.6 Å². The van der Waals surface area contributed by atoms with Gasteiger partial charge in [-0.25, -0.2) is 0 Å². The zero-order chi connectivity index (χ0) is 11.2. The standard InChI is InChI=1S/C10H18O4S/c1-5(15)6-7(11-4)8-9(12-6)14-10(2,3)13-8/h5-9,15H,1-4H3/t5-,6+,7-,8+,9+/m0/s1. The van der Waals surface area contributed by atoms with Crippen LogP contribution in [0.3, 0.4) is 0 Å². The van der Waals surface area contributed by atoms with E-state index in [0.29, 0.717) is 0 Å². The van der Waals surface area contributed by atoms with E-state index in [9.17, 15) is 0 Å². The minimum atomic E-state index is -0.586. The normalized spacial score (nSPS) is 45.4. The van der Waals surface area contributed by atoms with Crippen molar-refractivity contribution in [3.8, 4) is 0 Å². The second-order valence-corrected chi connectivity index (χ2v) is 5.32. The highest BCUT2D eigenvalue weighted by molar-refractivity contribution is 7.81. The number of ether oxygens (including phenoxy) is 4. The SMILES string of the molecule is CO[C@@H]1[C@H]2OC(C)(C)O[C@H]2O[C@@H]1[C@H](C)S. The van der Waals surface area contributed by atoms with Crippen LogP contribution in [0.4, 0.5) is 0 Å². The van der Waals surface area contributed by atoms with Gasteiger partial charge in [-0.05, 0) is 13.8 Å². The molecule has 88 valence electrons. The predicted molar refractivity (Wildman–Crippen MR) is 57.9 cm³/mol. The van der Waals surface area contributed by atoms with Crippen LogP contribution in [0.15, 0.2) is 0 Å². The fourth-order valence-corrected chi connectivity index (χ4v) is 2.40. The second kappa shape index (κ2) is 3.89. The molecule has 0 radical (unpaired) electrons. The lowest BCUT2D eigenvalue weighted by Gasteiger charge is -2.26. The van der Waals surface area contributed by atoms with E-state index in [2.05, 4.69) is 12.6 Å². The summed E-state index contributed by atoms with van der Waals surface area (Å²) in [5, 5.41) is 0.0934. The summed E-state index contributed by atoms with van der Waals surface area (Å²) in [7, 11) is 1.66. The highest BCUT2D eigenvalue weighted by atomic mass is 32.1. The molecular formula is C10H18O4S. The fourth-order valence-electron chi connectivity index (χ4n) is 2.16. The molecule has 0 aromatic carbocycles. The van der Waals surface area contributed by atoms with Gasteiger partial charge in [-0.1, -0.05) is 6.92 Å². The van der Waals surface area contributed by atoms with Crippen molar-refractivity contribution < 1.29 is 18.9 Å². The number of hydrogen-bond acceptors (Lipinski definition) is 5. The van der Waals surface area contributed by atoms with Gasteiger partial charge in [-0.15, -0.1) is 0 Å². The Morgan fingerprint density at radius 1 is 1.33 bits per heavy atom. The van der Waals surface area contributed by atoms with Crippen molar-refractivity contribution >= 4 is 12.6 Å². The van der Waals surface area contributed by atoms with Crippen LogP contribution in [-0.2, 0) is 18.9 Å². The largest absolute Gasteiger partial charge is 0.376 e. The first kappa shape index (κ1) is 11.7. The van der Waals surface area contributed by atoms with E-state index in [1.54, 1.807) is 7.11 Å². The number of hydrogen-bond donors (Lipinski definition) is 1. The third-order valence-electron chi connectivity index (χ3n) is 2.77. The lowest BCUT2D eigenvalue weighted by atomic mass is 10.1. The molecule has 2 fully saturated rings. The van der Waals surface area contributed by atoms with Crippen molar-refractivity contribution in [2.45, 2.75) is 56.4 Å². The summed E-state index contributed by atoms with van der Waals surface area (Å²) in [6.45, 7) is 5.73. The van der Waals surface area contributed by atoms with Gasteiger partial charge in [0.15, 0.2) is 12.1 Å². The van der Waals surface area contributed by atoms with Crippen LogP contribution in [0.25, 0.3) is 0 Å². The second-order valence-electron chi connectivity index (χ2n) is 4.51. The molecular weight excluding hydrogens is 216 g/mol. The van der Waals surface area contributed by atoms with Gasteiger partial charge in [0, 0.05) is 12.4 Å². The topological polar surface area (TPSA) is 36.9 Å². The van der Waals surface area contributed by atoms with Crippen LogP contribution in [-0.4, -0.2) is 42.7 Å². The molecule has 5 atom stereocenters. The first-order valence-corrected chi connectivity index (χ1v) is 5.68. The number of rotatable bonds is 2. The summed E-state index contributed by atoms with van der Waals surface area (Å²) in [5.74, 6) is -0.586. The minimum Gasteiger partial charge on any atom is -0.376 e. The Labute approximate surface area is 95.6 Å². The molecule has 0 aromatic heterocycles. The molecule has 0 aromatic rings. The maximum absolute atomic E-state index is 5.75. The smallest absolute Gasteiger partial charge is 0.190 e. The first-order valence-electron chi connectivity index (χ1n) is 5.16. The van der Waals surface area contributed by atoms with Crippen LogP contribution in [0.5, 0.6) is 0 Å². The van der Waals surface area contributed by atoms with Gasteiger partial charge in [0.25, 0.3) is 0 Å². The molecule has 2 rings (SSSR count). The van der Waals surface area contributed by atoms with E-state index in [4.69, 9.17) is 18.9 Å². The summed E-state index contributed by atoms with van der Waals surface area (Å²) in [6, 6.07) is 0. The molecule has 0 saturated carbocycles. The van der Waals surface area contributed by atoms with Gasteiger partial charge in [0.1, 0.15) is 18.3 Å². The summed E-state index contributed by atoms with van der Waals surface area (Å²) < 4.78 is 22.5. The molecule has 4 nitrogen and oxygen atoms in total. The van der Waals surface area contributed by atoms with Crippen molar-refractivity contribution in [3.05, 3.63) is 0 Å². The Bertz CT molecular complexity index is 244. The van der Waals surface area contributed by atoms with Crippen LogP contribution < -0.4 is 0 Å². The average Bonchev–Trinajstić information content (AvgIpc) is 2.55. The number of thiol groups is 1. The van der Waals surface area contributed by atoms with Gasteiger partial charge < -0.3 is 18.9 Å². The fraction of sp³-hybridized carbons (Fsp3) is 1.00. The van der Waals surface area contributed by atoms with E-state index < -0.39 is 5.79 Å². The predicted octanol–water partition coefficient (Wildman–Crippen LogP) is 1.20. The summed E-state index contributed by atoms with van der Waals surface area (Å²) >= 11 is 4.38. The molecule has 0 amide bonds. The molecule has 0 bridgehead atoms. The van der Waals surface area contributed by atoms with Gasteiger partial charge in [0.2, 0.25) is 0 Å². The first-order chi connectivity index (χ1) is 6.94. The van der Waals surface area contributed by atoms with E-state index in [-0.39, 0.29) is 29.9 Å². The Morgan fingerprint density at radius 3 is 2.53 bits per heavy atom. The van der Waals surface area contributed by atoms with Gasteiger partial charge in [-0.3, -0.25) is 0 Å². The number of methoxy groups -OCH3 is 1. The van der Waals surface area contributed by atoms with Crippen LogP contribution in [0.2, 0.25) is 0 Å². The Balaban J connectivity index is 2.11. The zero-order valence-corrected chi connectivity index (χ0v) is 10.4. The van der Waals surface area contributed by atoms with E-state index in [1.165, 1.54) is 0 Å². The maximum Gasteiger partial charge on any atom is 0.190 e. The molecule has 0 unspecified atom stereocenters. The van der Waals surface area contributed by atoms with E-state index in [1.807, 2.05) is 20.8 Å². The molecule has 0 N–H and O–H groups in total. The monoisotopic (exact) mass is 234 g/mol. The Morgan fingerprint density at radius 2 is 2.00 bits per heavy atom. The summed E-state index contributed by atoms with van der Waals surface area (Å²) in [6.07, 6.45) is -0.664. The maximum atomic E-state index is 5.75. The highest BCUT2D eigenvalue weighted by Gasteiger charge is 2.55. The van der Waals surface area contributed by atoms with Crippen LogP contribution in [0.1, 0.15) is 20.8 Å². The molecule has 15 heavy (non-hydrogen) atoms. The van der Waals surface area contributed by atoms with Crippen molar-refractivity contribution in [1.82, 2.24) is 0 Å². The van der Waals surface area contributed by atoms with Crippen molar-refractivity contribution in [2.75, 3.05) is 7.11 Å². The van der Waals surface area contributed by atoms with Crippen molar-refractivity contribution in [2.24, 2.45) is 0 Å². The molecule has 5 heteroatoms. The zero-order valence-electron chi connectivity index (χ0n) is 9.47. The molecule has 2 saturated heterocycles. The van der Waals surface area contributed by atoms with Crippen LogP contribution in [0, 0.1) is 0 Å². The van der Waals surface area contributed by atoms with Crippen molar-refractivity contribution in [3.63, 3.8) is 0 Å². The summed E-state index contributed by atoms with van der Waals surface area (Å²) in [5.41, 5.74) is 0. The van der Waals surface area contributed by atoms with Gasteiger partial charge in [0.05, 0.1) is 0 Å². The van der Waals surface area contributed by atoms with Crippen LogP contribution >= 0.6 is 12.6 Å². The Kier molecular flexibility index (Phi) is 3.03. The minimum absolute atomic E-state index is 0.0792. The molecule has 2 aliphatic heterocycles. The summed E-state index contributed by atoms with van der Waals surface area (Å²) in [4.78, 5) is 0.